The number of halogens is 1. The summed E-state index contributed by atoms with van der Waals surface area (Å²) in [6.45, 7) is 1.27. The van der Waals surface area contributed by atoms with Gasteiger partial charge >= 0.3 is 0 Å². The van der Waals surface area contributed by atoms with E-state index < -0.39 is 0 Å². The zero-order valence-corrected chi connectivity index (χ0v) is 12.8. The Morgan fingerprint density at radius 2 is 2.25 bits per heavy atom. The van der Waals surface area contributed by atoms with Gasteiger partial charge in [-0.05, 0) is 43.9 Å². The smallest absolute Gasteiger partial charge is 0.273 e. The Hall–Kier alpha value is -0.980. The summed E-state index contributed by atoms with van der Waals surface area (Å²) in [4.78, 5) is 10.6. The summed E-state index contributed by atoms with van der Waals surface area (Å²) in [5.74, 6) is 0.463. The van der Waals surface area contributed by atoms with Crippen molar-refractivity contribution in [1.29, 1.82) is 0 Å². The van der Waals surface area contributed by atoms with Gasteiger partial charge in [0, 0.05) is 22.6 Å². The Labute approximate surface area is 126 Å². The minimum absolute atomic E-state index is 0.143. The van der Waals surface area contributed by atoms with Gasteiger partial charge in [0.25, 0.3) is 5.69 Å². The van der Waals surface area contributed by atoms with E-state index >= 15 is 0 Å². The second kappa shape index (κ2) is 7.15. The third kappa shape index (κ3) is 4.26. The fraction of sp³-hybridized carbons (Fsp3) is 0.571. The van der Waals surface area contributed by atoms with E-state index in [-0.39, 0.29) is 16.7 Å². The van der Waals surface area contributed by atoms with Gasteiger partial charge in [0.05, 0.1) is 11.0 Å². The molecule has 20 heavy (non-hydrogen) atoms. The Kier molecular flexibility index (Phi) is 5.51. The molecule has 1 aromatic rings. The molecule has 1 aliphatic carbocycles. The van der Waals surface area contributed by atoms with Gasteiger partial charge in [-0.15, -0.1) is 0 Å². The van der Waals surface area contributed by atoms with Crippen molar-refractivity contribution in [2.75, 3.05) is 6.54 Å². The zero-order chi connectivity index (χ0) is 14.5. The molecule has 0 aliphatic heterocycles. The maximum absolute atomic E-state index is 11.0. The molecular formula is C14H19BrN2O3. The number of aliphatic hydroxyl groups is 1. The second-order valence-corrected chi connectivity index (χ2v) is 6.26. The maximum Gasteiger partial charge on any atom is 0.273 e. The van der Waals surface area contributed by atoms with E-state index in [4.69, 9.17) is 0 Å². The van der Waals surface area contributed by atoms with Crippen LogP contribution in [0.2, 0.25) is 0 Å². The highest BCUT2D eigenvalue weighted by molar-refractivity contribution is 9.10. The molecule has 0 heterocycles. The van der Waals surface area contributed by atoms with Gasteiger partial charge in [0.15, 0.2) is 0 Å². The van der Waals surface area contributed by atoms with Crippen LogP contribution in [0.15, 0.2) is 22.7 Å². The average molecular weight is 343 g/mol. The van der Waals surface area contributed by atoms with Crippen molar-refractivity contribution in [1.82, 2.24) is 5.32 Å². The topological polar surface area (TPSA) is 75.4 Å². The molecule has 110 valence electrons. The molecule has 1 saturated carbocycles. The lowest BCUT2D eigenvalue weighted by molar-refractivity contribution is -0.385. The fourth-order valence-corrected chi connectivity index (χ4v) is 3.14. The first-order valence-corrected chi connectivity index (χ1v) is 7.67. The van der Waals surface area contributed by atoms with Crippen molar-refractivity contribution < 1.29 is 10.0 Å². The van der Waals surface area contributed by atoms with Crippen LogP contribution in [-0.2, 0) is 6.54 Å². The molecule has 1 aromatic carbocycles. The van der Waals surface area contributed by atoms with Crippen LogP contribution in [0.4, 0.5) is 5.69 Å². The third-order valence-electron chi connectivity index (χ3n) is 3.74. The number of rotatable bonds is 5. The number of aliphatic hydroxyl groups excluding tert-OH is 1. The van der Waals surface area contributed by atoms with E-state index in [1.165, 1.54) is 6.07 Å². The highest BCUT2D eigenvalue weighted by atomic mass is 79.9. The van der Waals surface area contributed by atoms with Crippen LogP contribution in [0.25, 0.3) is 0 Å². The van der Waals surface area contributed by atoms with E-state index in [9.17, 15) is 15.2 Å². The molecule has 5 nitrogen and oxygen atoms in total. The minimum Gasteiger partial charge on any atom is -0.393 e. The zero-order valence-electron chi connectivity index (χ0n) is 11.2. The van der Waals surface area contributed by atoms with Gasteiger partial charge in [-0.2, -0.15) is 0 Å². The Morgan fingerprint density at radius 1 is 1.45 bits per heavy atom. The Morgan fingerprint density at radius 3 is 2.95 bits per heavy atom. The second-order valence-electron chi connectivity index (χ2n) is 5.35. The van der Waals surface area contributed by atoms with Gasteiger partial charge in [0.2, 0.25) is 0 Å². The molecule has 2 unspecified atom stereocenters. The summed E-state index contributed by atoms with van der Waals surface area (Å²) in [7, 11) is 0. The summed E-state index contributed by atoms with van der Waals surface area (Å²) in [5.41, 5.74) is 0.824. The SMILES string of the molecule is O=[N+]([O-])c1ccc(Br)cc1CNCC1CCCC(O)C1. The van der Waals surface area contributed by atoms with Crippen LogP contribution in [0.5, 0.6) is 0 Å². The van der Waals surface area contributed by atoms with Crippen molar-refractivity contribution in [3.63, 3.8) is 0 Å². The van der Waals surface area contributed by atoms with Crippen molar-refractivity contribution >= 4 is 21.6 Å². The summed E-state index contributed by atoms with van der Waals surface area (Å²) in [6.07, 6.45) is 3.71. The van der Waals surface area contributed by atoms with Gasteiger partial charge in [-0.25, -0.2) is 0 Å². The molecule has 0 bridgehead atoms. The van der Waals surface area contributed by atoms with E-state index in [0.29, 0.717) is 18.0 Å². The number of nitrogens with zero attached hydrogens (tertiary/aromatic N) is 1. The van der Waals surface area contributed by atoms with E-state index in [1.54, 1.807) is 12.1 Å². The normalized spacial score (nSPS) is 22.7. The van der Waals surface area contributed by atoms with E-state index in [1.807, 2.05) is 0 Å². The first kappa shape index (κ1) is 15.4. The minimum atomic E-state index is -0.353. The van der Waals surface area contributed by atoms with E-state index in [2.05, 4.69) is 21.2 Å². The lowest BCUT2D eigenvalue weighted by Gasteiger charge is -2.26. The first-order valence-electron chi connectivity index (χ1n) is 6.88. The van der Waals surface area contributed by atoms with Crippen LogP contribution >= 0.6 is 15.9 Å². The molecule has 0 amide bonds. The van der Waals surface area contributed by atoms with Crippen molar-refractivity contribution in [3.05, 3.63) is 38.3 Å². The van der Waals surface area contributed by atoms with Crippen LogP contribution < -0.4 is 5.32 Å². The summed E-state index contributed by atoms with van der Waals surface area (Å²) in [6, 6.07) is 4.98. The number of hydrogen-bond acceptors (Lipinski definition) is 4. The third-order valence-corrected chi connectivity index (χ3v) is 4.24. The first-order chi connectivity index (χ1) is 9.56. The van der Waals surface area contributed by atoms with E-state index in [0.717, 1.165) is 36.7 Å². The molecule has 2 atom stereocenters. The number of nitro benzene ring substituents is 1. The maximum atomic E-state index is 11.0. The summed E-state index contributed by atoms with van der Waals surface area (Å²) >= 11 is 3.34. The molecule has 0 saturated heterocycles. The summed E-state index contributed by atoms with van der Waals surface area (Å²) < 4.78 is 0.841. The quantitative estimate of drug-likeness (QED) is 0.637. The van der Waals surface area contributed by atoms with Crippen molar-refractivity contribution in [2.24, 2.45) is 5.92 Å². The summed E-state index contributed by atoms with van der Waals surface area (Å²) in [5, 5.41) is 23.9. The molecule has 0 aromatic heterocycles. The average Bonchev–Trinajstić information content (AvgIpc) is 2.38. The van der Waals surface area contributed by atoms with Gasteiger partial charge in [-0.3, -0.25) is 10.1 Å². The van der Waals surface area contributed by atoms with Gasteiger partial charge in [0.1, 0.15) is 0 Å². The molecular weight excluding hydrogens is 324 g/mol. The molecule has 6 heteroatoms. The highest BCUT2D eigenvalue weighted by Crippen LogP contribution is 2.25. The van der Waals surface area contributed by atoms with Gasteiger partial charge in [-0.1, -0.05) is 22.4 Å². The monoisotopic (exact) mass is 342 g/mol. The van der Waals surface area contributed by atoms with Crippen molar-refractivity contribution in [2.45, 2.75) is 38.3 Å². The van der Waals surface area contributed by atoms with Crippen LogP contribution in [0.1, 0.15) is 31.2 Å². The predicted octanol–water partition coefficient (Wildman–Crippen LogP) is 3.00. The number of benzene rings is 1. The standard InChI is InChI=1S/C14H19BrN2O3/c15-12-4-5-14(17(19)20)11(7-12)9-16-8-10-2-1-3-13(18)6-10/h4-5,7,10,13,16,18H,1-3,6,8-9H2. The molecule has 2 N–H and O–H groups in total. The number of nitro groups is 1. The predicted molar refractivity (Wildman–Crippen MR) is 80.5 cm³/mol. The molecule has 2 rings (SSSR count). The highest BCUT2D eigenvalue weighted by Gasteiger charge is 2.20. The fourth-order valence-electron chi connectivity index (χ4n) is 2.73. The van der Waals surface area contributed by atoms with Gasteiger partial charge < -0.3 is 10.4 Å². The lowest BCUT2D eigenvalue weighted by Crippen LogP contribution is -2.29. The van der Waals surface area contributed by atoms with Crippen molar-refractivity contribution in [3.8, 4) is 0 Å². The molecule has 0 spiro atoms. The largest absolute Gasteiger partial charge is 0.393 e. The van der Waals surface area contributed by atoms with Crippen LogP contribution in [-0.4, -0.2) is 22.7 Å². The number of hydrogen-bond donors (Lipinski definition) is 2. The molecule has 1 aliphatic rings. The number of nitrogens with one attached hydrogen (secondary N) is 1. The molecule has 0 radical (unpaired) electrons. The van der Waals surface area contributed by atoms with Crippen LogP contribution in [0, 0.1) is 16.0 Å². The Balaban J connectivity index is 1.90. The van der Waals surface area contributed by atoms with Crippen LogP contribution in [0.3, 0.4) is 0 Å². The molecule has 1 fully saturated rings. The Bertz CT molecular complexity index is 481. The lowest BCUT2D eigenvalue weighted by atomic mass is 9.87.